The van der Waals surface area contributed by atoms with E-state index in [1.165, 1.54) is 0 Å². The van der Waals surface area contributed by atoms with Crippen molar-refractivity contribution in [1.82, 2.24) is 16.0 Å². The van der Waals surface area contributed by atoms with Gasteiger partial charge in [0, 0.05) is 6.20 Å². The summed E-state index contributed by atoms with van der Waals surface area (Å²) in [7, 11) is 0. The first-order chi connectivity index (χ1) is 5.27. The molecule has 0 aromatic heterocycles. The van der Waals surface area contributed by atoms with Crippen LogP contribution in [0.4, 0.5) is 0 Å². The lowest BCUT2D eigenvalue weighted by atomic mass is 10.3. The maximum Gasteiger partial charge on any atom is 0.0972 e. The van der Waals surface area contributed by atoms with Crippen LogP contribution < -0.4 is 11.0 Å². The van der Waals surface area contributed by atoms with Gasteiger partial charge in [0.05, 0.1) is 23.3 Å². The Kier molecular flexibility index (Phi) is 1.22. The van der Waals surface area contributed by atoms with Crippen LogP contribution in [0.5, 0.6) is 0 Å². The Morgan fingerprint density at radius 3 is 3.09 bits per heavy atom. The zero-order valence-corrected chi connectivity index (χ0v) is 6.55. The largest absolute Gasteiger partial charge is 0.306 e. The number of hydrazine groups is 2. The summed E-state index contributed by atoms with van der Waals surface area (Å²) in [4.78, 5) is 4.18. The van der Waals surface area contributed by atoms with E-state index in [0.29, 0.717) is 0 Å². The van der Waals surface area contributed by atoms with Crippen LogP contribution in [0.1, 0.15) is 13.8 Å². The fraction of sp³-hybridized carbons (Fsp3) is 0.286. The Labute approximate surface area is 65.2 Å². The average molecular weight is 150 g/mol. The Bertz CT molecular complexity index is 274. The molecule has 2 rings (SSSR count). The van der Waals surface area contributed by atoms with Crippen LogP contribution in [0.15, 0.2) is 28.3 Å². The van der Waals surface area contributed by atoms with E-state index in [-0.39, 0.29) is 0 Å². The average Bonchev–Trinajstić information content (AvgIpc) is 2.32. The number of nitrogens with zero attached hydrogens (tertiary/aromatic N) is 2. The molecule has 0 saturated carbocycles. The molecule has 0 amide bonds. The van der Waals surface area contributed by atoms with Crippen LogP contribution >= 0.6 is 0 Å². The van der Waals surface area contributed by atoms with Gasteiger partial charge in [-0.1, -0.05) is 0 Å². The predicted molar refractivity (Wildman–Crippen MR) is 43.1 cm³/mol. The summed E-state index contributed by atoms with van der Waals surface area (Å²) in [6.45, 7) is 3.96. The molecule has 2 aliphatic rings. The Hall–Kier alpha value is -1.29. The van der Waals surface area contributed by atoms with Crippen LogP contribution in [0, 0.1) is 0 Å². The van der Waals surface area contributed by atoms with Gasteiger partial charge in [-0.25, -0.2) is 0 Å². The molecule has 0 aromatic carbocycles. The molecule has 2 heterocycles. The highest BCUT2D eigenvalue weighted by atomic mass is 15.7. The minimum absolute atomic E-state index is 0.998. The van der Waals surface area contributed by atoms with Gasteiger partial charge < -0.3 is 5.43 Å². The standard InChI is InChI=1S/C7H10N4/c1-5-4-11-7(3-8-5)6(2)9-10-11/h3-4,9-10H,1-2H3. The molecule has 2 N–H and O–H groups in total. The second kappa shape index (κ2) is 2.10. The monoisotopic (exact) mass is 150 g/mol. The van der Waals surface area contributed by atoms with Gasteiger partial charge in [-0.3, -0.25) is 10.0 Å². The molecule has 4 nitrogen and oxygen atoms in total. The summed E-state index contributed by atoms with van der Waals surface area (Å²) >= 11 is 0. The van der Waals surface area contributed by atoms with Crippen molar-refractivity contribution in [2.45, 2.75) is 13.8 Å². The summed E-state index contributed by atoms with van der Waals surface area (Å²) < 4.78 is 0. The molecule has 0 fully saturated rings. The number of rotatable bonds is 0. The summed E-state index contributed by atoms with van der Waals surface area (Å²) in [6, 6.07) is 0. The van der Waals surface area contributed by atoms with Crippen molar-refractivity contribution >= 4 is 6.21 Å². The smallest absolute Gasteiger partial charge is 0.0972 e. The molecular formula is C7H10N4. The zero-order chi connectivity index (χ0) is 7.84. The van der Waals surface area contributed by atoms with Crippen LogP contribution in [-0.2, 0) is 0 Å². The normalized spacial score (nSPS) is 21.6. The fourth-order valence-electron chi connectivity index (χ4n) is 1.09. The molecule has 11 heavy (non-hydrogen) atoms. The summed E-state index contributed by atoms with van der Waals surface area (Å²) in [5, 5.41) is 1.91. The topological polar surface area (TPSA) is 39.7 Å². The number of aliphatic imine (C=N–C) groups is 1. The van der Waals surface area contributed by atoms with Gasteiger partial charge in [-0.2, -0.15) is 0 Å². The van der Waals surface area contributed by atoms with Gasteiger partial charge in [-0.15, -0.1) is 5.53 Å². The Morgan fingerprint density at radius 1 is 1.45 bits per heavy atom. The number of allylic oxidation sites excluding steroid dienone is 3. The van der Waals surface area contributed by atoms with E-state index in [2.05, 4.69) is 16.0 Å². The Balaban J connectivity index is 2.37. The lowest BCUT2D eigenvalue weighted by Crippen LogP contribution is -2.35. The van der Waals surface area contributed by atoms with Crippen molar-refractivity contribution in [2.75, 3.05) is 0 Å². The Morgan fingerprint density at radius 2 is 2.27 bits per heavy atom. The first-order valence-electron chi connectivity index (χ1n) is 3.51. The van der Waals surface area contributed by atoms with Gasteiger partial charge in [0.2, 0.25) is 0 Å². The minimum atomic E-state index is 0.998. The third-order valence-corrected chi connectivity index (χ3v) is 1.71. The van der Waals surface area contributed by atoms with E-state index in [4.69, 9.17) is 0 Å². The summed E-state index contributed by atoms with van der Waals surface area (Å²) in [6.07, 6.45) is 3.79. The molecule has 4 heteroatoms. The second-order valence-electron chi connectivity index (χ2n) is 2.65. The van der Waals surface area contributed by atoms with Gasteiger partial charge in [0.15, 0.2) is 0 Å². The first kappa shape index (κ1) is 6.42. The highest BCUT2D eigenvalue weighted by Crippen LogP contribution is 2.15. The SMILES string of the molecule is CC1=CN2NNC(C)=C2C=N1. The van der Waals surface area contributed by atoms with E-state index >= 15 is 0 Å². The van der Waals surface area contributed by atoms with Gasteiger partial charge in [0.25, 0.3) is 0 Å². The molecule has 0 spiro atoms. The lowest BCUT2D eigenvalue weighted by Gasteiger charge is -2.16. The molecule has 0 saturated heterocycles. The van der Waals surface area contributed by atoms with E-state index in [1.807, 2.05) is 31.3 Å². The van der Waals surface area contributed by atoms with Crippen molar-refractivity contribution in [3.05, 3.63) is 23.3 Å². The van der Waals surface area contributed by atoms with E-state index in [9.17, 15) is 0 Å². The second-order valence-corrected chi connectivity index (χ2v) is 2.65. The molecule has 58 valence electrons. The van der Waals surface area contributed by atoms with E-state index in [1.54, 1.807) is 0 Å². The van der Waals surface area contributed by atoms with Crippen molar-refractivity contribution < 1.29 is 0 Å². The lowest BCUT2D eigenvalue weighted by molar-refractivity contribution is 0.349. The number of nitrogens with one attached hydrogen (secondary N) is 2. The van der Waals surface area contributed by atoms with Gasteiger partial charge in [0.1, 0.15) is 0 Å². The van der Waals surface area contributed by atoms with Crippen LogP contribution in [0.25, 0.3) is 0 Å². The number of hydrogen-bond acceptors (Lipinski definition) is 4. The molecular weight excluding hydrogens is 140 g/mol. The van der Waals surface area contributed by atoms with E-state index in [0.717, 1.165) is 17.1 Å². The van der Waals surface area contributed by atoms with Crippen molar-refractivity contribution in [3.63, 3.8) is 0 Å². The van der Waals surface area contributed by atoms with E-state index < -0.39 is 0 Å². The van der Waals surface area contributed by atoms with Crippen LogP contribution in [0.3, 0.4) is 0 Å². The third-order valence-electron chi connectivity index (χ3n) is 1.71. The quantitative estimate of drug-likeness (QED) is 0.528. The summed E-state index contributed by atoms with van der Waals surface area (Å²) in [5.41, 5.74) is 9.15. The zero-order valence-electron chi connectivity index (χ0n) is 6.55. The fourth-order valence-corrected chi connectivity index (χ4v) is 1.09. The maximum absolute atomic E-state index is 4.18. The van der Waals surface area contributed by atoms with Crippen LogP contribution in [-0.4, -0.2) is 11.2 Å². The van der Waals surface area contributed by atoms with Crippen molar-refractivity contribution in [2.24, 2.45) is 4.99 Å². The minimum Gasteiger partial charge on any atom is -0.306 e. The molecule has 0 aromatic rings. The molecule has 0 atom stereocenters. The molecule has 0 radical (unpaired) electrons. The van der Waals surface area contributed by atoms with Crippen LogP contribution in [0.2, 0.25) is 0 Å². The van der Waals surface area contributed by atoms with Gasteiger partial charge in [-0.05, 0) is 13.8 Å². The molecule has 0 bridgehead atoms. The molecule has 0 unspecified atom stereocenters. The third kappa shape index (κ3) is 0.914. The molecule has 2 aliphatic heterocycles. The molecule has 0 aliphatic carbocycles. The maximum atomic E-state index is 4.18. The van der Waals surface area contributed by atoms with Crippen molar-refractivity contribution in [3.8, 4) is 0 Å². The van der Waals surface area contributed by atoms with Gasteiger partial charge >= 0.3 is 0 Å². The highest BCUT2D eigenvalue weighted by molar-refractivity contribution is 5.81. The number of fused-ring (bicyclic) bond motifs is 1. The predicted octanol–water partition coefficient (Wildman–Crippen LogP) is 0.488. The first-order valence-corrected chi connectivity index (χ1v) is 3.51. The summed E-state index contributed by atoms with van der Waals surface area (Å²) in [5.74, 6) is 0. The highest BCUT2D eigenvalue weighted by Gasteiger charge is 2.17. The number of hydrogen-bond donors (Lipinski definition) is 2. The van der Waals surface area contributed by atoms with Crippen molar-refractivity contribution in [1.29, 1.82) is 0 Å².